The van der Waals surface area contributed by atoms with Crippen molar-refractivity contribution in [3.63, 3.8) is 0 Å². The van der Waals surface area contributed by atoms with Crippen LogP contribution in [0.1, 0.15) is 72.6 Å². The first kappa shape index (κ1) is 24.5. The Hall–Kier alpha value is 0.160. The predicted molar refractivity (Wildman–Crippen MR) is 133 cm³/mol. The predicted octanol–water partition coefficient (Wildman–Crippen LogP) is 5.71. The zero-order valence-corrected chi connectivity index (χ0v) is 22.6. The van der Waals surface area contributed by atoms with Gasteiger partial charge in [-0.05, 0) is 73.0 Å². The van der Waals surface area contributed by atoms with Gasteiger partial charge in [0.1, 0.15) is 4.84 Å². The summed E-state index contributed by atoms with van der Waals surface area (Å²) in [6.07, 6.45) is 8.25. The van der Waals surface area contributed by atoms with Gasteiger partial charge in [-0.1, -0.05) is 39.3 Å². The first-order valence-electron chi connectivity index (χ1n) is 13.7. The zero-order valence-electron chi connectivity index (χ0n) is 21.1. The number of alkyl halides is 2. The zero-order chi connectivity index (χ0) is 24.2. The minimum Gasteiger partial charge on any atom is -0.393 e. The molecule has 192 valence electrons. The lowest BCUT2D eigenvalue weighted by Gasteiger charge is -2.59. The third-order valence-corrected chi connectivity index (χ3v) is 12.7. The molecule has 0 aromatic heterocycles. The molecule has 2 heterocycles. The molecular formula is C28H42Cl2O4. The number of aliphatic hydroxyl groups excluding tert-OH is 2. The van der Waals surface area contributed by atoms with Crippen molar-refractivity contribution in [3.8, 4) is 0 Å². The maximum Gasteiger partial charge on any atom is 0.171 e. The van der Waals surface area contributed by atoms with Crippen LogP contribution in [0.15, 0.2) is 11.6 Å². The van der Waals surface area contributed by atoms with E-state index in [1.165, 1.54) is 12.0 Å². The van der Waals surface area contributed by atoms with Crippen molar-refractivity contribution in [2.45, 2.75) is 102 Å². The summed E-state index contributed by atoms with van der Waals surface area (Å²) in [6.45, 7) is 9.99. The van der Waals surface area contributed by atoms with E-state index in [0.717, 1.165) is 32.1 Å². The summed E-state index contributed by atoms with van der Waals surface area (Å²) in [5.74, 6) is 2.43. The number of rotatable bonds is 1. The number of hydrogen-bond donors (Lipinski definition) is 2. The van der Waals surface area contributed by atoms with Crippen molar-refractivity contribution in [3.05, 3.63) is 11.6 Å². The molecule has 0 aromatic rings. The molecular weight excluding hydrogens is 471 g/mol. The molecule has 4 nitrogen and oxygen atoms in total. The summed E-state index contributed by atoms with van der Waals surface area (Å²) in [7, 11) is 0. The second-order valence-corrected chi connectivity index (χ2v) is 14.5. The molecule has 2 aliphatic heterocycles. The van der Waals surface area contributed by atoms with E-state index in [-0.39, 0.29) is 22.9 Å². The normalized spacial score (nSPS) is 58.8. The van der Waals surface area contributed by atoms with Crippen molar-refractivity contribution >= 4 is 23.2 Å². The van der Waals surface area contributed by atoms with Gasteiger partial charge in [0.05, 0.1) is 24.9 Å². The van der Waals surface area contributed by atoms with E-state index in [9.17, 15) is 10.2 Å². The van der Waals surface area contributed by atoms with Gasteiger partial charge in [-0.15, -0.1) is 23.2 Å². The van der Waals surface area contributed by atoms with Gasteiger partial charge in [-0.25, -0.2) is 0 Å². The summed E-state index contributed by atoms with van der Waals surface area (Å²) in [5.41, 5.74) is 1.33. The van der Waals surface area contributed by atoms with Crippen molar-refractivity contribution in [2.24, 2.45) is 52.3 Å². The Morgan fingerprint density at radius 2 is 1.88 bits per heavy atom. The molecule has 5 fully saturated rings. The molecule has 6 rings (SSSR count). The number of fused-ring (bicyclic) bond motifs is 7. The van der Waals surface area contributed by atoms with Crippen LogP contribution < -0.4 is 0 Å². The Balaban J connectivity index is 1.28. The van der Waals surface area contributed by atoms with Crippen LogP contribution in [0.2, 0.25) is 0 Å². The SMILES string of the molecule is CC1COC2(CC1C(Cl)Cl)OC1CC3C4CC=C5C[C@@H](O)C[C@@H](O)C5(C)C4CCC3(C)C1C2C. The third kappa shape index (κ3) is 3.18. The van der Waals surface area contributed by atoms with Gasteiger partial charge in [0.2, 0.25) is 0 Å². The molecule has 0 radical (unpaired) electrons. The molecule has 2 saturated heterocycles. The van der Waals surface area contributed by atoms with Crippen LogP contribution in [0.4, 0.5) is 0 Å². The number of aliphatic hydroxyl groups is 2. The highest BCUT2D eigenvalue weighted by Gasteiger charge is 2.69. The van der Waals surface area contributed by atoms with Crippen LogP contribution in [0.5, 0.6) is 0 Å². The van der Waals surface area contributed by atoms with Crippen LogP contribution in [-0.2, 0) is 9.47 Å². The fourth-order valence-corrected chi connectivity index (χ4v) is 10.8. The Labute approximate surface area is 214 Å². The molecule has 4 aliphatic carbocycles. The van der Waals surface area contributed by atoms with E-state index < -0.39 is 22.8 Å². The van der Waals surface area contributed by atoms with Gasteiger partial charge in [-0.3, -0.25) is 0 Å². The van der Waals surface area contributed by atoms with Crippen molar-refractivity contribution in [2.75, 3.05) is 6.61 Å². The van der Waals surface area contributed by atoms with Crippen LogP contribution in [-0.4, -0.2) is 45.8 Å². The summed E-state index contributed by atoms with van der Waals surface area (Å²) < 4.78 is 13.4. The molecule has 2 N–H and O–H groups in total. The van der Waals surface area contributed by atoms with E-state index >= 15 is 0 Å². The highest BCUT2D eigenvalue weighted by molar-refractivity contribution is 6.44. The minimum absolute atomic E-state index is 0.194. The van der Waals surface area contributed by atoms with Crippen LogP contribution >= 0.6 is 23.2 Å². The smallest absolute Gasteiger partial charge is 0.171 e. The third-order valence-electron chi connectivity index (χ3n) is 12.0. The summed E-state index contributed by atoms with van der Waals surface area (Å²) in [6, 6.07) is 0. The Morgan fingerprint density at radius 3 is 2.62 bits per heavy atom. The van der Waals surface area contributed by atoms with Gasteiger partial charge in [0.25, 0.3) is 0 Å². The molecule has 13 atom stereocenters. The lowest BCUT2D eigenvalue weighted by Crippen LogP contribution is -2.56. The van der Waals surface area contributed by atoms with Gasteiger partial charge in [-0.2, -0.15) is 0 Å². The van der Waals surface area contributed by atoms with E-state index in [2.05, 4.69) is 33.8 Å². The van der Waals surface area contributed by atoms with Gasteiger partial charge < -0.3 is 19.7 Å². The number of halogens is 2. The second kappa shape index (κ2) is 8.08. The number of allylic oxidation sites excluding steroid dienone is 1. The average Bonchev–Trinajstić information content (AvgIpc) is 3.21. The Kier molecular flexibility index (Phi) is 5.82. The van der Waals surface area contributed by atoms with Crippen LogP contribution in [0.25, 0.3) is 0 Å². The highest BCUT2D eigenvalue weighted by Crippen LogP contribution is 2.70. The van der Waals surface area contributed by atoms with Gasteiger partial charge >= 0.3 is 0 Å². The lowest BCUT2D eigenvalue weighted by atomic mass is 9.46. The molecule has 0 amide bonds. The fraction of sp³-hybridized carbons (Fsp3) is 0.929. The highest BCUT2D eigenvalue weighted by atomic mass is 35.5. The molecule has 6 aliphatic rings. The van der Waals surface area contributed by atoms with Crippen molar-refractivity contribution in [1.29, 1.82) is 0 Å². The minimum atomic E-state index is -0.555. The number of hydrogen-bond acceptors (Lipinski definition) is 4. The topological polar surface area (TPSA) is 58.9 Å². The molecule has 34 heavy (non-hydrogen) atoms. The number of ether oxygens (including phenoxy) is 2. The lowest BCUT2D eigenvalue weighted by molar-refractivity contribution is -0.283. The second-order valence-electron chi connectivity index (χ2n) is 13.3. The van der Waals surface area contributed by atoms with E-state index in [1.807, 2.05) is 0 Å². The van der Waals surface area contributed by atoms with Crippen LogP contribution in [0.3, 0.4) is 0 Å². The molecule has 3 saturated carbocycles. The summed E-state index contributed by atoms with van der Waals surface area (Å²) >= 11 is 12.8. The van der Waals surface area contributed by atoms with E-state index in [0.29, 0.717) is 48.5 Å². The Morgan fingerprint density at radius 1 is 1.12 bits per heavy atom. The Bertz CT molecular complexity index is 863. The fourth-order valence-electron chi connectivity index (χ4n) is 10.1. The standard InChI is InChI=1S/C28H42Cl2O4/c1-14-13-33-28(12-19(14)25(29)30)15(2)24-22(34-28)11-21-18-6-5-16-9-17(31)10-23(32)27(16,4)20(18)7-8-26(21,24)3/h5,14-15,17-25,31-32H,6-13H2,1-4H3/t14?,15?,17-,18?,19?,20?,21?,22?,23-,24?,26?,27?,28?/m1/s1. The summed E-state index contributed by atoms with van der Waals surface area (Å²) in [4.78, 5) is -0.393. The first-order valence-corrected chi connectivity index (χ1v) is 14.5. The summed E-state index contributed by atoms with van der Waals surface area (Å²) in [5, 5.41) is 21.5. The maximum atomic E-state index is 11.2. The molecule has 6 heteroatoms. The maximum absolute atomic E-state index is 11.2. The average molecular weight is 514 g/mol. The quantitative estimate of drug-likeness (QED) is 0.348. The van der Waals surface area contributed by atoms with Gasteiger partial charge in [0, 0.05) is 24.2 Å². The van der Waals surface area contributed by atoms with Gasteiger partial charge in [0.15, 0.2) is 5.79 Å². The van der Waals surface area contributed by atoms with Crippen molar-refractivity contribution in [1.82, 2.24) is 0 Å². The molecule has 0 bridgehead atoms. The molecule has 11 unspecified atom stereocenters. The monoisotopic (exact) mass is 512 g/mol. The van der Waals surface area contributed by atoms with E-state index in [1.54, 1.807) is 0 Å². The van der Waals surface area contributed by atoms with E-state index in [4.69, 9.17) is 32.7 Å². The van der Waals surface area contributed by atoms with Crippen LogP contribution in [0, 0.1) is 52.3 Å². The molecule has 1 spiro atoms. The van der Waals surface area contributed by atoms with Crippen molar-refractivity contribution < 1.29 is 19.7 Å². The largest absolute Gasteiger partial charge is 0.393 e. The first-order chi connectivity index (χ1) is 16.0. The molecule has 0 aromatic carbocycles.